The maximum atomic E-state index is 14.0. The van der Waals surface area contributed by atoms with Crippen molar-refractivity contribution in [3.05, 3.63) is 63.9 Å². The molecule has 0 bridgehead atoms. The highest BCUT2D eigenvalue weighted by Gasteiger charge is 2.31. The van der Waals surface area contributed by atoms with E-state index in [1.165, 1.54) is 18.2 Å². The van der Waals surface area contributed by atoms with E-state index in [-0.39, 0.29) is 42.4 Å². The number of piperazine rings is 1. The summed E-state index contributed by atoms with van der Waals surface area (Å²) in [6.07, 6.45) is -4.73. The van der Waals surface area contributed by atoms with Gasteiger partial charge in [-0.1, -0.05) is 24.3 Å². The van der Waals surface area contributed by atoms with Crippen molar-refractivity contribution in [2.75, 3.05) is 26.2 Å². The van der Waals surface area contributed by atoms with Gasteiger partial charge in [0, 0.05) is 26.2 Å². The van der Waals surface area contributed by atoms with E-state index in [4.69, 9.17) is 0 Å². The first kappa shape index (κ1) is 25.0. The summed E-state index contributed by atoms with van der Waals surface area (Å²) in [4.78, 5) is 2.18. The van der Waals surface area contributed by atoms with Crippen molar-refractivity contribution in [1.29, 1.82) is 0 Å². The second-order valence-electron chi connectivity index (χ2n) is 5.95. The third-order valence-corrected chi connectivity index (χ3v) is 5.06. The molecule has 0 unspecified atom stereocenters. The molecule has 1 aliphatic heterocycles. The molecule has 28 heavy (non-hydrogen) atoms. The zero-order valence-electron chi connectivity index (χ0n) is 14.5. The van der Waals surface area contributed by atoms with Gasteiger partial charge in [0.15, 0.2) is 0 Å². The van der Waals surface area contributed by atoms with Gasteiger partial charge >= 0.3 is 6.36 Å². The lowest BCUT2D eigenvalue weighted by Crippen LogP contribution is -2.45. The van der Waals surface area contributed by atoms with Crippen LogP contribution in [-0.2, 0) is 0 Å². The van der Waals surface area contributed by atoms with Crippen molar-refractivity contribution in [2.24, 2.45) is 0 Å². The Balaban J connectivity index is 0.00000196. The Hall–Kier alpha value is -1.06. The molecular weight excluding hydrogens is 487 g/mol. The molecule has 0 saturated carbocycles. The Morgan fingerprint density at radius 2 is 1.61 bits per heavy atom. The van der Waals surface area contributed by atoms with Crippen LogP contribution in [0.15, 0.2) is 46.9 Å². The average Bonchev–Trinajstić information content (AvgIpc) is 2.60. The summed E-state index contributed by atoms with van der Waals surface area (Å²) < 4.78 is 55.5. The Bertz CT molecular complexity index is 756. The van der Waals surface area contributed by atoms with E-state index >= 15 is 0 Å². The van der Waals surface area contributed by atoms with E-state index in [0.29, 0.717) is 4.47 Å². The van der Waals surface area contributed by atoms with Crippen LogP contribution in [-0.4, -0.2) is 37.4 Å². The molecule has 1 heterocycles. The second-order valence-corrected chi connectivity index (χ2v) is 6.74. The van der Waals surface area contributed by atoms with Gasteiger partial charge in [0.2, 0.25) is 0 Å². The van der Waals surface area contributed by atoms with E-state index < -0.39 is 6.36 Å². The van der Waals surface area contributed by atoms with Crippen molar-refractivity contribution in [3.8, 4) is 5.75 Å². The van der Waals surface area contributed by atoms with E-state index in [9.17, 15) is 17.6 Å². The number of hydrogen-bond acceptors (Lipinski definition) is 3. The van der Waals surface area contributed by atoms with Gasteiger partial charge in [-0.25, -0.2) is 4.39 Å². The molecule has 1 saturated heterocycles. The number of nitrogens with one attached hydrogen (secondary N) is 1. The molecule has 0 radical (unpaired) electrons. The molecule has 3 rings (SSSR count). The van der Waals surface area contributed by atoms with Gasteiger partial charge in [-0.3, -0.25) is 4.90 Å². The number of hydrogen-bond donors (Lipinski definition) is 1. The van der Waals surface area contributed by atoms with Crippen LogP contribution < -0.4 is 10.1 Å². The Morgan fingerprint density at radius 1 is 1.00 bits per heavy atom. The maximum Gasteiger partial charge on any atom is 0.573 e. The minimum absolute atomic E-state index is 0. The Labute approximate surface area is 181 Å². The summed E-state index contributed by atoms with van der Waals surface area (Å²) in [5.41, 5.74) is 1.50. The molecule has 0 amide bonds. The van der Waals surface area contributed by atoms with E-state index in [1.54, 1.807) is 18.2 Å². The SMILES string of the molecule is Cl.Cl.Fc1cccc([C@H](c2ccc(OC(F)(F)F)cc2)N2CCNCC2)c1Br. The summed E-state index contributed by atoms with van der Waals surface area (Å²) >= 11 is 3.31. The molecule has 1 aliphatic rings. The summed E-state index contributed by atoms with van der Waals surface area (Å²) in [5.74, 6) is -0.654. The number of rotatable bonds is 4. The van der Waals surface area contributed by atoms with Crippen LogP contribution in [0.1, 0.15) is 17.2 Å². The monoisotopic (exact) mass is 504 g/mol. The maximum absolute atomic E-state index is 14.0. The molecule has 1 atom stereocenters. The largest absolute Gasteiger partial charge is 0.573 e. The number of halogens is 7. The highest BCUT2D eigenvalue weighted by atomic mass is 79.9. The quantitative estimate of drug-likeness (QED) is 0.569. The molecule has 156 valence electrons. The highest BCUT2D eigenvalue weighted by molar-refractivity contribution is 9.10. The topological polar surface area (TPSA) is 24.5 Å². The first-order valence-corrected chi connectivity index (χ1v) is 8.89. The Kier molecular flexibility index (Phi) is 9.49. The molecule has 1 N–H and O–H groups in total. The average molecular weight is 506 g/mol. The molecule has 0 aromatic heterocycles. The van der Waals surface area contributed by atoms with Gasteiger partial charge in [-0.15, -0.1) is 38.0 Å². The second kappa shape index (κ2) is 10.6. The van der Waals surface area contributed by atoms with E-state index in [0.717, 1.165) is 37.3 Å². The van der Waals surface area contributed by atoms with Gasteiger partial charge in [-0.05, 0) is 45.3 Å². The summed E-state index contributed by atoms with van der Waals surface area (Å²) in [6.45, 7) is 3.07. The van der Waals surface area contributed by atoms with Crippen molar-refractivity contribution < 1.29 is 22.3 Å². The van der Waals surface area contributed by atoms with Crippen LogP contribution in [0.4, 0.5) is 17.6 Å². The van der Waals surface area contributed by atoms with Gasteiger partial charge in [0.25, 0.3) is 0 Å². The van der Waals surface area contributed by atoms with Gasteiger partial charge in [0.05, 0.1) is 10.5 Å². The summed E-state index contributed by atoms with van der Waals surface area (Å²) in [6, 6.07) is 10.3. The lowest BCUT2D eigenvalue weighted by atomic mass is 9.96. The molecule has 0 spiro atoms. The predicted octanol–water partition coefficient (Wildman–Crippen LogP) is 5.33. The minimum Gasteiger partial charge on any atom is -0.406 e. The van der Waals surface area contributed by atoms with Crippen LogP contribution in [0.3, 0.4) is 0 Å². The standard InChI is InChI=1S/C18H17BrF4N2O.2ClH/c19-16-14(2-1-3-15(16)20)17(25-10-8-24-9-11-25)12-4-6-13(7-5-12)26-18(21,22)23;;/h1-7,17,24H,8-11H2;2*1H/t17-;;/m0../s1. The smallest absolute Gasteiger partial charge is 0.406 e. The van der Waals surface area contributed by atoms with Gasteiger partial charge in [0.1, 0.15) is 11.6 Å². The van der Waals surface area contributed by atoms with Crippen molar-refractivity contribution in [2.45, 2.75) is 12.4 Å². The lowest BCUT2D eigenvalue weighted by Gasteiger charge is -2.36. The third-order valence-electron chi connectivity index (χ3n) is 4.22. The van der Waals surface area contributed by atoms with Crippen LogP contribution in [0, 0.1) is 5.82 Å². The van der Waals surface area contributed by atoms with Crippen LogP contribution in [0.25, 0.3) is 0 Å². The normalized spacial score (nSPS) is 15.9. The predicted molar refractivity (Wildman–Crippen MR) is 108 cm³/mol. The fourth-order valence-electron chi connectivity index (χ4n) is 3.11. The number of ether oxygens (including phenoxy) is 1. The van der Waals surface area contributed by atoms with Crippen LogP contribution in [0.5, 0.6) is 5.75 Å². The molecule has 2 aromatic carbocycles. The van der Waals surface area contributed by atoms with E-state index in [2.05, 4.69) is 30.9 Å². The Morgan fingerprint density at radius 3 is 2.18 bits per heavy atom. The van der Waals surface area contributed by atoms with Crippen molar-refractivity contribution in [3.63, 3.8) is 0 Å². The highest BCUT2D eigenvalue weighted by Crippen LogP contribution is 2.36. The lowest BCUT2D eigenvalue weighted by molar-refractivity contribution is -0.274. The van der Waals surface area contributed by atoms with Gasteiger partial charge in [-0.2, -0.15) is 0 Å². The number of alkyl halides is 3. The zero-order valence-corrected chi connectivity index (χ0v) is 17.7. The first-order chi connectivity index (χ1) is 12.3. The molecule has 1 fully saturated rings. The minimum atomic E-state index is -4.73. The van der Waals surface area contributed by atoms with E-state index in [1.807, 2.05) is 6.07 Å². The molecule has 0 aliphatic carbocycles. The van der Waals surface area contributed by atoms with Crippen LogP contribution in [0.2, 0.25) is 0 Å². The van der Waals surface area contributed by atoms with Crippen LogP contribution >= 0.6 is 40.7 Å². The zero-order chi connectivity index (χ0) is 18.7. The third kappa shape index (κ3) is 6.22. The number of nitrogens with zero attached hydrogens (tertiary/aromatic N) is 1. The fraction of sp³-hybridized carbons (Fsp3) is 0.333. The molecular formula is C18H19BrCl2F4N2O. The first-order valence-electron chi connectivity index (χ1n) is 8.09. The van der Waals surface area contributed by atoms with Crippen molar-refractivity contribution in [1.82, 2.24) is 10.2 Å². The van der Waals surface area contributed by atoms with Gasteiger partial charge < -0.3 is 10.1 Å². The molecule has 2 aromatic rings. The fourth-order valence-corrected chi connectivity index (χ4v) is 3.59. The van der Waals surface area contributed by atoms with Crippen molar-refractivity contribution >= 4 is 40.7 Å². The summed E-state index contributed by atoms with van der Waals surface area (Å²) in [5, 5.41) is 3.26. The molecule has 10 heteroatoms. The number of benzene rings is 2. The summed E-state index contributed by atoms with van der Waals surface area (Å²) in [7, 11) is 0. The molecule has 3 nitrogen and oxygen atoms in total.